The van der Waals surface area contributed by atoms with Crippen LogP contribution in [-0.4, -0.2) is 19.5 Å². The van der Waals surface area contributed by atoms with Crippen molar-refractivity contribution in [3.05, 3.63) is 96.0 Å². The van der Waals surface area contributed by atoms with Crippen molar-refractivity contribution < 1.29 is 4.92 Å². The number of aromatic nitrogens is 3. The normalized spacial score (nSPS) is 12.2. The highest BCUT2D eigenvalue weighted by Crippen LogP contribution is 2.13. The number of non-ortho nitro benzene ring substituents is 1. The molecule has 0 saturated heterocycles. The summed E-state index contributed by atoms with van der Waals surface area (Å²) in [5.41, 5.74) is 2.66. The van der Waals surface area contributed by atoms with Gasteiger partial charge in [0.05, 0.1) is 9.46 Å². The minimum Gasteiger partial charge on any atom is -0.266 e. The van der Waals surface area contributed by atoms with Crippen LogP contribution in [0.3, 0.4) is 0 Å². The molecule has 0 amide bonds. The van der Waals surface area contributed by atoms with Gasteiger partial charge in [-0.05, 0) is 42.3 Å². The standard InChI is InChI=1S/C20H14N4O3S/c1-13-2-4-14(5-3-13)8-11-18-21-20-23(22-18)19(25)17(28-20)12-15-6-9-16(10-7-15)24(26)27/h2-12H,1H3. The Balaban J connectivity index is 1.63. The molecule has 8 heteroatoms. The third kappa shape index (κ3) is 3.58. The van der Waals surface area contributed by atoms with Gasteiger partial charge in [-0.2, -0.15) is 9.50 Å². The van der Waals surface area contributed by atoms with Gasteiger partial charge in [-0.25, -0.2) is 0 Å². The van der Waals surface area contributed by atoms with Crippen molar-refractivity contribution >= 4 is 40.2 Å². The zero-order valence-corrected chi connectivity index (χ0v) is 15.6. The molecule has 0 radical (unpaired) electrons. The summed E-state index contributed by atoms with van der Waals surface area (Å²) in [6, 6.07) is 14.1. The molecule has 4 rings (SSSR count). The summed E-state index contributed by atoms with van der Waals surface area (Å²) in [7, 11) is 0. The Kier molecular flexibility index (Phi) is 4.54. The maximum atomic E-state index is 12.5. The quantitative estimate of drug-likeness (QED) is 0.394. The van der Waals surface area contributed by atoms with Crippen molar-refractivity contribution in [1.82, 2.24) is 14.6 Å². The topological polar surface area (TPSA) is 90.4 Å². The van der Waals surface area contributed by atoms with Crippen molar-refractivity contribution in [1.29, 1.82) is 0 Å². The number of benzene rings is 2. The Bertz CT molecular complexity index is 1300. The maximum absolute atomic E-state index is 12.5. The molecule has 7 nitrogen and oxygen atoms in total. The minimum absolute atomic E-state index is 0.00662. The Morgan fingerprint density at radius 2 is 1.71 bits per heavy atom. The smallest absolute Gasteiger partial charge is 0.266 e. The fourth-order valence-electron chi connectivity index (χ4n) is 2.61. The SMILES string of the molecule is Cc1ccc(C=Cc2nc3sc(=Cc4ccc([N+](=O)[O-])cc4)c(=O)n3n2)cc1. The second-order valence-corrected chi connectivity index (χ2v) is 7.18. The first-order valence-corrected chi connectivity index (χ1v) is 9.22. The van der Waals surface area contributed by atoms with Crippen molar-refractivity contribution in [2.45, 2.75) is 6.92 Å². The van der Waals surface area contributed by atoms with Gasteiger partial charge in [-0.1, -0.05) is 47.2 Å². The average Bonchev–Trinajstić information content (AvgIpc) is 3.21. The highest BCUT2D eigenvalue weighted by molar-refractivity contribution is 7.15. The number of hydrogen-bond acceptors (Lipinski definition) is 6. The summed E-state index contributed by atoms with van der Waals surface area (Å²) < 4.78 is 1.74. The van der Waals surface area contributed by atoms with Crippen LogP contribution in [0.1, 0.15) is 22.5 Å². The molecular formula is C20H14N4O3S. The molecule has 2 heterocycles. The lowest BCUT2D eigenvalue weighted by molar-refractivity contribution is -0.384. The van der Waals surface area contributed by atoms with Crippen LogP contribution >= 0.6 is 11.3 Å². The van der Waals surface area contributed by atoms with E-state index in [1.807, 2.05) is 37.3 Å². The lowest BCUT2D eigenvalue weighted by Gasteiger charge is -1.93. The molecule has 0 aliphatic heterocycles. The number of hydrogen-bond donors (Lipinski definition) is 0. The molecular weight excluding hydrogens is 376 g/mol. The Morgan fingerprint density at radius 1 is 1.04 bits per heavy atom. The van der Waals surface area contributed by atoms with E-state index in [9.17, 15) is 14.9 Å². The predicted molar refractivity (Wildman–Crippen MR) is 109 cm³/mol. The highest BCUT2D eigenvalue weighted by Gasteiger charge is 2.09. The van der Waals surface area contributed by atoms with Crippen molar-refractivity contribution in [3.63, 3.8) is 0 Å². The van der Waals surface area contributed by atoms with Crippen LogP contribution < -0.4 is 10.1 Å². The number of nitro benzene ring substituents is 1. The van der Waals surface area contributed by atoms with Crippen molar-refractivity contribution in [2.75, 3.05) is 0 Å². The van der Waals surface area contributed by atoms with Crippen LogP contribution in [0.2, 0.25) is 0 Å². The highest BCUT2D eigenvalue weighted by atomic mass is 32.1. The summed E-state index contributed by atoms with van der Waals surface area (Å²) in [5.74, 6) is 0.464. The summed E-state index contributed by atoms with van der Waals surface area (Å²) in [6.07, 6.45) is 5.34. The van der Waals surface area contributed by atoms with Gasteiger partial charge in [0.25, 0.3) is 11.2 Å². The molecule has 2 aromatic heterocycles. The molecule has 2 aromatic carbocycles. The van der Waals surface area contributed by atoms with Crippen LogP contribution in [0.5, 0.6) is 0 Å². The van der Waals surface area contributed by atoms with Gasteiger partial charge >= 0.3 is 0 Å². The number of aryl methyl sites for hydroxylation is 1. The molecule has 0 saturated carbocycles. The van der Waals surface area contributed by atoms with Crippen molar-refractivity contribution in [2.24, 2.45) is 0 Å². The molecule has 138 valence electrons. The van der Waals surface area contributed by atoms with Crippen LogP contribution in [0, 0.1) is 17.0 Å². The number of nitrogens with zero attached hydrogens (tertiary/aromatic N) is 4. The van der Waals surface area contributed by atoms with Gasteiger partial charge in [-0.3, -0.25) is 14.9 Å². The molecule has 0 spiro atoms. The Hall–Kier alpha value is -3.65. The molecule has 0 aliphatic rings. The van der Waals surface area contributed by atoms with Gasteiger partial charge in [0.2, 0.25) is 4.96 Å². The molecule has 0 bridgehead atoms. The lowest BCUT2D eigenvalue weighted by Crippen LogP contribution is -2.23. The van der Waals surface area contributed by atoms with Crippen LogP contribution in [0.15, 0.2) is 53.3 Å². The zero-order valence-electron chi connectivity index (χ0n) is 14.8. The van der Waals surface area contributed by atoms with Gasteiger partial charge in [0, 0.05) is 12.1 Å². The largest absolute Gasteiger partial charge is 0.291 e. The van der Waals surface area contributed by atoms with Gasteiger partial charge in [0.1, 0.15) is 0 Å². The number of nitro groups is 1. The van der Waals surface area contributed by atoms with E-state index in [2.05, 4.69) is 10.1 Å². The van der Waals surface area contributed by atoms with E-state index >= 15 is 0 Å². The minimum atomic E-state index is -0.461. The molecule has 0 atom stereocenters. The third-order valence-corrected chi connectivity index (χ3v) is 5.06. The second kappa shape index (κ2) is 7.16. The Morgan fingerprint density at radius 3 is 2.36 bits per heavy atom. The second-order valence-electron chi connectivity index (χ2n) is 6.17. The van der Waals surface area contributed by atoms with E-state index in [1.165, 1.54) is 33.5 Å². The number of thiazole rings is 1. The molecule has 0 unspecified atom stereocenters. The van der Waals surface area contributed by atoms with E-state index in [0.29, 0.717) is 20.9 Å². The van der Waals surface area contributed by atoms with Crippen LogP contribution in [0.4, 0.5) is 5.69 Å². The number of rotatable bonds is 4. The third-order valence-electron chi connectivity index (χ3n) is 4.10. The fraction of sp³-hybridized carbons (Fsp3) is 0.0500. The molecule has 0 aliphatic carbocycles. The summed E-state index contributed by atoms with van der Waals surface area (Å²) in [6.45, 7) is 2.03. The van der Waals surface area contributed by atoms with E-state index in [-0.39, 0.29) is 11.2 Å². The van der Waals surface area contributed by atoms with Crippen LogP contribution in [0.25, 0.3) is 23.2 Å². The molecule has 4 aromatic rings. The van der Waals surface area contributed by atoms with Crippen molar-refractivity contribution in [3.8, 4) is 0 Å². The fourth-order valence-corrected chi connectivity index (χ4v) is 3.53. The van der Waals surface area contributed by atoms with Crippen LogP contribution in [-0.2, 0) is 0 Å². The predicted octanol–water partition coefficient (Wildman–Crippen LogP) is 3.09. The molecule has 28 heavy (non-hydrogen) atoms. The van der Waals surface area contributed by atoms with Gasteiger partial charge in [0.15, 0.2) is 5.82 Å². The summed E-state index contributed by atoms with van der Waals surface area (Å²) >= 11 is 1.23. The average molecular weight is 390 g/mol. The first-order valence-electron chi connectivity index (χ1n) is 8.40. The Labute approximate surface area is 163 Å². The lowest BCUT2D eigenvalue weighted by atomic mass is 10.1. The molecule has 0 fully saturated rings. The van der Waals surface area contributed by atoms with E-state index < -0.39 is 4.92 Å². The first-order chi connectivity index (χ1) is 13.5. The number of fused-ring (bicyclic) bond motifs is 1. The summed E-state index contributed by atoms with van der Waals surface area (Å²) in [5, 5.41) is 15.0. The van der Waals surface area contributed by atoms with E-state index in [4.69, 9.17) is 0 Å². The molecule has 0 N–H and O–H groups in total. The van der Waals surface area contributed by atoms with Gasteiger partial charge in [-0.15, -0.1) is 5.10 Å². The van der Waals surface area contributed by atoms with E-state index in [0.717, 1.165) is 5.56 Å². The first kappa shape index (κ1) is 17.7. The zero-order chi connectivity index (χ0) is 19.7. The monoisotopic (exact) mass is 390 g/mol. The maximum Gasteiger partial charge on any atom is 0.291 e. The van der Waals surface area contributed by atoms with E-state index in [1.54, 1.807) is 24.3 Å². The van der Waals surface area contributed by atoms with Gasteiger partial charge < -0.3 is 0 Å². The summed E-state index contributed by atoms with van der Waals surface area (Å²) in [4.78, 5) is 27.7.